The van der Waals surface area contributed by atoms with Crippen LogP contribution in [0.1, 0.15) is 36.7 Å². The SMILES string of the molecule is CC(=O)Oc1ccc(C(=O)OC[C@]2(C)S[C@@H]3[C@H](NC(=O)Cc4ccccc4)C(=O)N3[C@H]2C(=O)O)cc1OC(C)=O. The number of carboxylic acid groups (broad SMARTS) is 1. The van der Waals surface area contributed by atoms with Gasteiger partial charge in [-0.2, -0.15) is 0 Å². The van der Waals surface area contributed by atoms with E-state index in [2.05, 4.69) is 5.32 Å². The fraction of sp³-hybridized carbons (Fsp3) is 0.333. The quantitative estimate of drug-likeness (QED) is 0.255. The van der Waals surface area contributed by atoms with Crippen molar-refractivity contribution >= 4 is 47.5 Å². The lowest BCUT2D eigenvalue weighted by Crippen LogP contribution is -2.71. The average Bonchev–Trinajstić information content (AvgIpc) is 3.17. The zero-order valence-corrected chi connectivity index (χ0v) is 22.6. The van der Waals surface area contributed by atoms with Crippen LogP contribution in [-0.4, -0.2) is 74.5 Å². The lowest BCUT2D eigenvalue weighted by Gasteiger charge is -2.43. The first-order valence-corrected chi connectivity index (χ1v) is 13.0. The Morgan fingerprint density at radius 1 is 1.00 bits per heavy atom. The number of rotatable bonds is 9. The largest absolute Gasteiger partial charge is 0.480 e. The predicted octanol–water partition coefficient (Wildman–Crippen LogP) is 1.55. The van der Waals surface area contributed by atoms with Gasteiger partial charge in [-0.1, -0.05) is 30.3 Å². The van der Waals surface area contributed by atoms with Crippen molar-refractivity contribution in [2.75, 3.05) is 6.61 Å². The van der Waals surface area contributed by atoms with Crippen molar-refractivity contribution in [2.45, 2.75) is 49.4 Å². The van der Waals surface area contributed by atoms with Crippen LogP contribution in [0, 0.1) is 0 Å². The highest BCUT2D eigenvalue weighted by Crippen LogP contribution is 2.51. The normalized spacial score (nSPS) is 22.9. The summed E-state index contributed by atoms with van der Waals surface area (Å²) in [5.74, 6) is -4.68. The first-order valence-electron chi connectivity index (χ1n) is 12.1. The Kier molecular flexibility index (Phi) is 8.14. The van der Waals surface area contributed by atoms with Crippen LogP contribution >= 0.6 is 11.8 Å². The molecule has 2 aromatic rings. The van der Waals surface area contributed by atoms with Crippen molar-refractivity contribution in [1.29, 1.82) is 0 Å². The van der Waals surface area contributed by atoms with Crippen molar-refractivity contribution in [3.63, 3.8) is 0 Å². The number of aliphatic carboxylic acids is 1. The smallest absolute Gasteiger partial charge is 0.338 e. The maximum atomic E-state index is 12.9. The third-order valence-corrected chi connectivity index (χ3v) is 7.88. The van der Waals surface area contributed by atoms with Gasteiger partial charge in [0.05, 0.1) is 16.7 Å². The third-order valence-electron chi connectivity index (χ3n) is 6.26. The minimum absolute atomic E-state index is 0.0453. The topological polar surface area (TPSA) is 166 Å². The molecule has 2 fully saturated rings. The number of carboxylic acids is 1. The Labute approximate surface area is 232 Å². The van der Waals surface area contributed by atoms with Crippen LogP contribution in [0.3, 0.4) is 0 Å². The number of carbonyl (C=O) groups excluding carboxylic acids is 5. The summed E-state index contributed by atoms with van der Waals surface area (Å²) in [7, 11) is 0. The zero-order valence-electron chi connectivity index (χ0n) is 21.7. The van der Waals surface area contributed by atoms with Gasteiger partial charge in [-0.15, -0.1) is 11.8 Å². The van der Waals surface area contributed by atoms with Gasteiger partial charge in [-0.3, -0.25) is 19.2 Å². The maximum absolute atomic E-state index is 12.9. The first-order chi connectivity index (χ1) is 18.9. The zero-order chi connectivity index (χ0) is 29.2. The highest BCUT2D eigenvalue weighted by molar-refractivity contribution is 8.01. The molecule has 12 nitrogen and oxygen atoms in total. The summed E-state index contributed by atoms with van der Waals surface area (Å²) in [6.45, 7) is 3.47. The van der Waals surface area contributed by atoms with Crippen molar-refractivity contribution in [3.05, 3.63) is 59.7 Å². The van der Waals surface area contributed by atoms with E-state index < -0.39 is 52.0 Å². The second-order valence-corrected chi connectivity index (χ2v) is 11.1. The Hall–Kier alpha value is -4.39. The molecule has 2 amide bonds. The molecule has 2 N–H and O–H groups in total. The molecular formula is C27H26N2O10S. The number of thioether (sulfide) groups is 1. The first kappa shape index (κ1) is 28.6. The van der Waals surface area contributed by atoms with Crippen molar-refractivity contribution in [2.24, 2.45) is 0 Å². The highest BCUT2D eigenvalue weighted by Gasteiger charge is 2.66. The Balaban J connectivity index is 1.45. The average molecular weight is 571 g/mol. The van der Waals surface area contributed by atoms with Crippen LogP contribution in [0.4, 0.5) is 0 Å². The maximum Gasteiger partial charge on any atom is 0.338 e. The summed E-state index contributed by atoms with van der Waals surface area (Å²) in [5.41, 5.74) is 0.719. The van der Waals surface area contributed by atoms with Gasteiger partial charge in [0.15, 0.2) is 11.5 Å². The molecule has 0 radical (unpaired) electrons. The van der Waals surface area contributed by atoms with E-state index in [4.69, 9.17) is 14.2 Å². The molecular weight excluding hydrogens is 544 g/mol. The lowest BCUT2D eigenvalue weighted by molar-refractivity contribution is -0.161. The number of nitrogens with one attached hydrogen (secondary N) is 1. The van der Waals surface area contributed by atoms with E-state index >= 15 is 0 Å². The number of benzene rings is 2. The van der Waals surface area contributed by atoms with Crippen LogP contribution < -0.4 is 14.8 Å². The molecule has 0 bridgehead atoms. The second-order valence-electron chi connectivity index (χ2n) is 9.44. The molecule has 4 rings (SSSR count). The summed E-state index contributed by atoms with van der Waals surface area (Å²) in [4.78, 5) is 74.4. The summed E-state index contributed by atoms with van der Waals surface area (Å²) in [6.07, 6.45) is 0.0603. The van der Waals surface area contributed by atoms with E-state index in [1.165, 1.54) is 17.0 Å². The third kappa shape index (κ3) is 5.93. The number of ether oxygens (including phenoxy) is 3. The molecule has 0 saturated carbocycles. The van der Waals surface area contributed by atoms with E-state index in [9.17, 15) is 33.9 Å². The Morgan fingerprint density at radius 3 is 2.27 bits per heavy atom. The summed E-state index contributed by atoms with van der Waals surface area (Å²) < 4.78 is 14.2. The van der Waals surface area contributed by atoms with E-state index in [1.807, 2.05) is 6.07 Å². The molecule has 2 saturated heterocycles. The Bertz CT molecular complexity index is 1380. The van der Waals surface area contributed by atoms with Crippen LogP contribution in [-0.2, 0) is 35.1 Å². The standard InChI is InChI=1S/C27H26N2O10S/c1-14(30)38-18-10-9-17(12-19(18)39-15(2)31)26(36)37-13-27(3)22(25(34)35)29-23(33)21(24(29)40-27)28-20(32)11-16-7-5-4-6-8-16/h4-10,12,21-22,24H,11,13H2,1-3H3,(H,28,32)(H,34,35)/t21-,22+,24-,27+/m1/s1. The van der Waals surface area contributed by atoms with Gasteiger partial charge in [0.2, 0.25) is 11.8 Å². The van der Waals surface area contributed by atoms with Gasteiger partial charge in [0, 0.05) is 13.8 Å². The number of hydrogen-bond donors (Lipinski definition) is 2. The molecule has 0 spiro atoms. The molecule has 2 aromatic carbocycles. The number of nitrogens with zero attached hydrogens (tertiary/aromatic N) is 1. The van der Waals surface area contributed by atoms with Gasteiger partial charge in [-0.25, -0.2) is 9.59 Å². The van der Waals surface area contributed by atoms with E-state index in [0.29, 0.717) is 0 Å². The minimum atomic E-state index is -1.31. The van der Waals surface area contributed by atoms with Crippen LogP contribution in [0.25, 0.3) is 0 Å². The molecule has 0 aliphatic carbocycles. The number of fused-ring (bicyclic) bond motifs is 1. The van der Waals surface area contributed by atoms with Crippen molar-refractivity contribution < 1.29 is 48.1 Å². The number of amides is 2. The summed E-state index contributed by atoms with van der Waals surface area (Å²) >= 11 is 1.12. The predicted molar refractivity (Wildman–Crippen MR) is 139 cm³/mol. The lowest BCUT2D eigenvalue weighted by atomic mass is 9.95. The minimum Gasteiger partial charge on any atom is -0.480 e. The number of β-lactam (4-membered cyclic amide) rings is 1. The molecule has 210 valence electrons. The fourth-order valence-corrected chi connectivity index (χ4v) is 6.23. The van der Waals surface area contributed by atoms with Crippen LogP contribution in [0.2, 0.25) is 0 Å². The second kappa shape index (κ2) is 11.4. The van der Waals surface area contributed by atoms with Gasteiger partial charge in [0.1, 0.15) is 24.1 Å². The van der Waals surface area contributed by atoms with E-state index in [0.717, 1.165) is 37.2 Å². The molecule has 40 heavy (non-hydrogen) atoms. The van der Waals surface area contributed by atoms with Crippen molar-refractivity contribution in [3.8, 4) is 11.5 Å². The van der Waals surface area contributed by atoms with Gasteiger partial charge in [0.25, 0.3) is 0 Å². The highest BCUT2D eigenvalue weighted by atomic mass is 32.2. The van der Waals surface area contributed by atoms with Crippen molar-refractivity contribution in [1.82, 2.24) is 10.2 Å². The molecule has 2 aliphatic heterocycles. The van der Waals surface area contributed by atoms with Crippen LogP contribution in [0.15, 0.2) is 48.5 Å². The molecule has 0 aromatic heterocycles. The Morgan fingerprint density at radius 2 is 1.65 bits per heavy atom. The number of hydrogen-bond acceptors (Lipinski definition) is 10. The van der Waals surface area contributed by atoms with E-state index in [1.54, 1.807) is 31.2 Å². The molecule has 0 unspecified atom stereocenters. The summed E-state index contributed by atoms with van der Waals surface area (Å²) in [6, 6.07) is 10.5. The van der Waals surface area contributed by atoms with Gasteiger partial charge < -0.3 is 29.5 Å². The number of carbonyl (C=O) groups is 6. The summed E-state index contributed by atoms with van der Waals surface area (Å²) in [5, 5.41) is 12.0. The van der Waals surface area contributed by atoms with Gasteiger partial charge >= 0.3 is 23.9 Å². The molecule has 13 heteroatoms. The molecule has 2 heterocycles. The molecule has 4 atom stereocenters. The monoisotopic (exact) mass is 570 g/mol. The molecule has 2 aliphatic rings. The van der Waals surface area contributed by atoms with Gasteiger partial charge in [-0.05, 0) is 30.7 Å². The fourth-order valence-electron chi connectivity index (χ4n) is 4.55. The van der Waals surface area contributed by atoms with Crippen LogP contribution in [0.5, 0.6) is 11.5 Å². The van der Waals surface area contributed by atoms with E-state index in [-0.39, 0.29) is 36.0 Å². The number of esters is 3.